The van der Waals surface area contributed by atoms with Gasteiger partial charge in [0.2, 0.25) is 0 Å². The van der Waals surface area contributed by atoms with Crippen molar-refractivity contribution in [3.63, 3.8) is 0 Å². The minimum Gasteiger partial charge on any atom is -0.494 e. The van der Waals surface area contributed by atoms with E-state index < -0.39 is 0 Å². The van der Waals surface area contributed by atoms with Crippen LogP contribution in [0.4, 0.5) is 11.4 Å². The van der Waals surface area contributed by atoms with E-state index in [0.717, 1.165) is 88.8 Å². The van der Waals surface area contributed by atoms with Gasteiger partial charge in [0.15, 0.2) is 11.6 Å². The Labute approximate surface area is 347 Å². The van der Waals surface area contributed by atoms with E-state index in [2.05, 4.69) is 81.7 Å². The first-order valence-electron chi connectivity index (χ1n) is 18.9. The first kappa shape index (κ1) is 45.5. The van der Waals surface area contributed by atoms with Gasteiger partial charge in [0, 0.05) is 81.7 Å². The Morgan fingerprint density at radius 2 is 1.16 bits per heavy atom. The Morgan fingerprint density at radius 1 is 0.643 bits per heavy atom. The third-order valence-electron chi connectivity index (χ3n) is 9.56. The van der Waals surface area contributed by atoms with Crippen LogP contribution in [0.3, 0.4) is 0 Å². The fourth-order valence-electron chi connectivity index (χ4n) is 5.66. The van der Waals surface area contributed by atoms with Crippen LogP contribution in [0, 0.1) is 54.5 Å². The first-order valence-corrected chi connectivity index (χ1v) is 18.9. The molecule has 0 saturated heterocycles. The van der Waals surface area contributed by atoms with Crippen LogP contribution in [0.15, 0.2) is 73.2 Å². The number of aromatic nitrogens is 7. The number of hydrogen-bond donors (Lipinski definition) is 1. The van der Waals surface area contributed by atoms with Crippen LogP contribution in [0.5, 0.6) is 5.75 Å². The number of aryl methyl sites for hydroxylation is 3. The molecule has 11 nitrogen and oxygen atoms in total. The predicted octanol–water partition coefficient (Wildman–Crippen LogP) is 8.27. The minimum absolute atomic E-state index is 0. The molecule has 0 saturated carbocycles. The SMILES string of the molecule is Cc1cc[c-]c(-c2cc(OCCCCCCN)ccn2)c1.Cc1nn(-c2cc(N(C)C)ccn2)c(C)c1C.Cc1nn(-c2cc(N(C)C)ccn2)c(C)c1C.[Os+]. The summed E-state index contributed by atoms with van der Waals surface area (Å²) >= 11 is 0. The number of rotatable bonds is 12. The predicted molar refractivity (Wildman–Crippen MR) is 226 cm³/mol. The Hall–Kier alpha value is -4.91. The summed E-state index contributed by atoms with van der Waals surface area (Å²) in [5.41, 5.74) is 17.7. The smallest absolute Gasteiger partial charge is 0.494 e. The number of anilines is 2. The van der Waals surface area contributed by atoms with Gasteiger partial charge in [0.25, 0.3) is 0 Å². The maximum atomic E-state index is 5.79. The van der Waals surface area contributed by atoms with E-state index >= 15 is 0 Å². The van der Waals surface area contributed by atoms with Gasteiger partial charge in [-0.05, 0) is 102 Å². The summed E-state index contributed by atoms with van der Waals surface area (Å²) in [5.74, 6) is 2.60. The molecule has 12 heteroatoms. The normalized spacial score (nSPS) is 10.4. The van der Waals surface area contributed by atoms with E-state index in [1.165, 1.54) is 29.5 Å². The van der Waals surface area contributed by atoms with Gasteiger partial charge in [-0.2, -0.15) is 10.2 Å². The van der Waals surface area contributed by atoms with Crippen molar-refractivity contribution in [1.82, 2.24) is 34.5 Å². The summed E-state index contributed by atoms with van der Waals surface area (Å²) in [6.45, 7) is 15.9. The third kappa shape index (κ3) is 12.6. The van der Waals surface area contributed by atoms with Crippen LogP contribution >= 0.6 is 0 Å². The molecule has 0 spiro atoms. The van der Waals surface area contributed by atoms with Gasteiger partial charge in [-0.3, -0.25) is 0 Å². The second kappa shape index (κ2) is 22.0. The standard InChI is InChI=1S/C18H23N2O.2C13H18N4.Os/c1-15-7-6-8-16(13-15)18-14-17(9-11-20-18)21-12-5-3-2-4-10-19;2*1-9-10(2)15-17(11(9)3)13-8-12(16(4)5)6-7-14-13;/h6-7,9,11,13-14H,2-5,10,12,19H2,1H3;2*6-8H,1-5H3;/q-1;;;+1. The van der Waals surface area contributed by atoms with Crippen LogP contribution in [-0.2, 0) is 19.8 Å². The van der Waals surface area contributed by atoms with Crippen molar-refractivity contribution >= 4 is 11.4 Å². The number of pyridine rings is 3. The number of hydrogen-bond acceptors (Lipinski definition) is 9. The van der Waals surface area contributed by atoms with E-state index in [0.29, 0.717) is 0 Å². The minimum atomic E-state index is 0. The number of nitrogens with zero attached hydrogens (tertiary/aromatic N) is 9. The summed E-state index contributed by atoms with van der Waals surface area (Å²) in [6.07, 6.45) is 9.93. The number of nitrogens with two attached hydrogens (primary N) is 1. The number of benzene rings is 1. The fourth-order valence-corrected chi connectivity index (χ4v) is 5.66. The average molecular weight is 934 g/mol. The molecule has 0 atom stereocenters. The molecule has 56 heavy (non-hydrogen) atoms. The topological polar surface area (TPSA) is 116 Å². The van der Waals surface area contributed by atoms with E-state index in [4.69, 9.17) is 10.5 Å². The van der Waals surface area contributed by atoms with Crippen molar-refractivity contribution in [3.05, 3.63) is 119 Å². The maximum Gasteiger partial charge on any atom is 1.00 e. The second-order valence-corrected chi connectivity index (χ2v) is 14.2. The van der Waals surface area contributed by atoms with Gasteiger partial charge in [0.1, 0.15) is 5.75 Å². The zero-order valence-corrected chi connectivity index (χ0v) is 37.6. The maximum absolute atomic E-state index is 5.79. The molecule has 0 fully saturated rings. The zero-order valence-electron chi connectivity index (χ0n) is 35.0. The quantitative estimate of drug-likeness (QED) is 0.0957. The van der Waals surface area contributed by atoms with Gasteiger partial charge in [0.05, 0.1) is 18.0 Å². The van der Waals surface area contributed by atoms with Crippen molar-refractivity contribution in [3.8, 4) is 28.6 Å². The molecule has 6 rings (SSSR count). The molecule has 5 heterocycles. The molecule has 0 aliphatic rings. The van der Waals surface area contributed by atoms with Crippen LogP contribution in [-0.4, -0.2) is 75.9 Å². The van der Waals surface area contributed by atoms with E-state index in [9.17, 15) is 0 Å². The van der Waals surface area contributed by atoms with Crippen molar-refractivity contribution in [2.75, 3.05) is 51.1 Å². The summed E-state index contributed by atoms with van der Waals surface area (Å²) in [6, 6.07) is 21.2. The molecule has 0 bridgehead atoms. The Morgan fingerprint density at radius 3 is 1.62 bits per heavy atom. The molecule has 2 N–H and O–H groups in total. The number of ether oxygens (including phenoxy) is 1. The monoisotopic (exact) mass is 935 g/mol. The molecule has 0 aliphatic carbocycles. The van der Waals surface area contributed by atoms with Gasteiger partial charge in [-0.1, -0.05) is 19.8 Å². The number of unbranched alkanes of at least 4 members (excludes halogenated alkanes) is 3. The molecule has 0 aliphatic heterocycles. The second-order valence-electron chi connectivity index (χ2n) is 14.2. The Bertz CT molecular complexity index is 2020. The molecule has 5 aromatic heterocycles. The summed E-state index contributed by atoms with van der Waals surface area (Å²) < 4.78 is 9.59. The molecule has 1 radical (unpaired) electrons. The van der Waals surface area contributed by atoms with Crippen LogP contribution < -0.4 is 20.3 Å². The Balaban J connectivity index is 0.000000225. The van der Waals surface area contributed by atoms with Crippen molar-refractivity contribution in [2.45, 2.75) is 74.1 Å². The molecule has 6 aromatic rings. The van der Waals surface area contributed by atoms with Crippen molar-refractivity contribution < 1.29 is 24.5 Å². The molecule has 0 amide bonds. The summed E-state index contributed by atoms with van der Waals surface area (Å²) in [4.78, 5) is 17.3. The summed E-state index contributed by atoms with van der Waals surface area (Å²) in [7, 11) is 8.08. The summed E-state index contributed by atoms with van der Waals surface area (Å²) in [5, 5.41) is 9.03. The molecular weight excluding hydrogens is 875 g/mol. The van der Waals surface area contributed by atoms with E-state index in [-0.39, 0.29) is 19.8 Å². The average Bonchev–Trinajstić information content (AvgIpc) is 3.60. The van der Waals surface area contributed by atoms with Gasteiger partial charge in [-0.25, -0.2) is 19.3 Å². The van der Waals surface area contributed by atoms with Crippen molar-refractivity contribution in [2.24, 2.45) is 5.73 Å². The zero-order chi connectivity index (χ0) is 40.1. The van der Waals surface area contributed by atoms with E-state index in [1.54, 1.807) is 6.20 Å². The van der Waals surface area contributed by atoms with Gasteiger partial charge in [-0.15, -0.1) is 35.4 Å². The largest absolute Gasteiger partial charge is 1.00 e. The first-order chi connectivity index (χ1) is 26.3. The van der Waals surface area contributed by atoms with Crippen LogP contribution in [0.1, 0.15) is 65.1 Å². The third-order valence-corrected chi connectivity index (χ3v) is 9.56. The van der Waals surface area contributed by atoms with Gasteiger partial charge >= 0.3 is 19.8 Å². The molecular formula is C44H59N10OOs. The van der Waals surface area contributed by atoms with Crippen molar-refractivity contribution in [1.29, 1.82) is 0 Å². The molecule has 299 valence electrons. The van der Waals surface area contributed by atoms with E-state index in [1.807, 2.05) is 112 Å². The molecule has 1 aromatic carbocycles. The van der Waals surface area contributed by atoms with Gasteiger partial charge < -0.3 is 25.3 Å². The van der Waals surface area contributed by atoms with Crippen LogP contribution in [0.2, 0.25) is 0 Å². The molecule has 0 unspecified atom stereocenters. The van der Waals surface area contributed by atoms with Crippen LogP contribution in [0.25, 0.3) is 22.9 Å². The fraction of sp³-hybridized carbons (Fsp3) is 0.386. The Kier molecular flexibility index (Phi) is 17.9.